The normalized spacial score (nSPS) is 13.0. The molecule has 0 aliphatic carbocycles. The summed E-state index contributed by atoms with van der Waals surface area (Å²) in [4.78, 5) is 11.4. The van der Waals surface area contributed by atoms with Crippen LogP contribution in [-0.4, -0.2) is 28.0 Å². The molecule has 0 aliphatic rings. The molecule has 0 fully saturated rings. The third-order valence-electron chi connectivity index (χ3n) is 2.42. The zero-order valence-electron chi connectivity index (χ0n) is 10.00. The SMILES string of the molecule is CNC(=O)C[C@@H](COS(N)(=O)=O)c1ccccc1. The van der Waals surface area contributed by atoms with Crippen molar-refractivity contribution in [1.82, 2.24) is 5.32 Å². The molecular weight excluding hydrogens is 256 g/mol. The smallest absolute Gasteiger partial charge is 0.333 e. The van der Waals surface area contributed by atoms with E-state index >= 15 is 0 Å². The number of rotatable bonds is 6. The first-order valence-electron chi connectivity index (χ1n) is 5.35. The second-order valence-corrected chi connectivity index (χ2v) is 4.98. The van der Waals surface area contributed by atoms with E-state index in [4.69, 9.17) is 5.14 Å². The maximum absolute atomic E-state index is 11.4. The topological polar surface area (TPSA) is 98.5 Å². The van der Waals surface area contributed by atoms with Crippen LogP contribution in [0.15, 0.2) is 30.3 Å². The molecule has 0 bridgehead atoms. The van der Waals surface area contributed by atoms with Gasteiger partial charge in [0.15, 0.2) is 0 Å². The summed E-state index contributed by atoms with van der Waals surface area (Å²) in [6, 6.07) is 9.06. The molecule has 0 saturated heterocycles. The lowest BCUT2D eigenvalue weighted by Gasteiger charge is -2.15. The van der Waals surface area contributed by atoms with Crippen molar-refractivity contribution in [2.75, 3.05) is 13.7 Å². The van der Waals surface area contributed by atoms with Gasteiger partial charge in [-0.3, -0.25) is 8.98 Å². The Labute approximate surface area is 106 Å². The number of amides is 1. The monoisotopic (exact) mass is 272 g/mol. The number of hydrogen-bond donors (Lipinski definition) is 2. The zero-order chi connectivity index (χ0) is 13.6. The molecule has 0 radical (unpaired) electrons. The fraction of sp³-hybridized carbons (Fsp3) is 0.364. The van der Waals surface area contributed by atoms with Crippen LogP contribution in [0.25, 0.3) is 0 Å². The Bertz CT molecular complexity index is 487. The average molecular weight is 272 g/mol. The fourth-order valence-corrected chi connectivity index (χ4v) is 1.85. The summed E-state index contributed by atoms with van der Waals surface area (Å²) in [5.41, 5.74) is 0.824. The van der Waals surface area contributed by atoms with Crippen LogP contribution in [0.5, 0.6) is 0 Å². The Morgan fingerprint density at radius 2 is 2.00 bits per heavy atom. The molecule has 1 rings (SSSR count). The maximum atomic E-state index is 11.4. The second-order valence-electron chi connectivity index (χ2n) is 3.76. The summed E-state index contributed by atoms with van der Waals surface area (Å²) in [7, 11) is -2.48. The van der Waals surface area contributed by atoms with Crippen molar-refractivity contribution < 1.29 is 17.4 Å². The van der Waals surface area contributed by atoms with E-state index in [2.05, 4.69) is 9.50 Å². The van der Waals surface area contributed by atoms with Gasteiger partial charge in [0.2, 0.25) is 5.91 Å². The van der Waals surface area contributed by atoms with Crippen LogP contribution in [0, 0.1) is 0 Å². The minimum Gasteiger partial charge on any atom is -0.359 e. The number of benzene rings is 1. The minimum absolute atomic E-state index is 0.135. The van der Waals surface area contributed by atoms with Gasteiger partial charge in [0.25, 0.3) is 0 Å². The molecule has 0 saturated carbocycles. The lowest BCUT2D eigenvalue weighted by Crippen LogP contribution is -2.25. The van der Waals surface area contributed by atoms with Gasteiger partial charge in [-0.25, -0.2) is 5.14 Å². The molecule has 1 atom stereocenters. The first-order chi connectivity index (χ1) is 8.42. The predicted octanol–water partition coefficient (Wildman–Crippen LogP) is 0.126. The summed E-state index contributed by atoms with van der Waals surface area (Å²) in [5.74, 6) is -0.550. The van der Waals surface area contributed by atoms with Gasteiger partial charge in [0, 0.05) is 19.4 Å². The lowest BCUT2D eigenvalue weighted by atomic mass is 9.96. The molecule has 0 spiro atoms. The average Bonchev–Trinajstić information content (AvgIpc) is 2.34. The van der Waals surface area contributed by atoms with Crippen LogP contribution >= 0.6 is 0 Å². The highest BCUT2D eigenvalue weighted by molar-refractivity contribution is 7.84. The summed E-state index contributed by atoms with van der Waals surface area (Å²) in [6.07, 6.45) is 0.135. The van der Waals surface area contributed by atoms with Crippen LogP contribution in [0.4, 0.5) is 0 Å². The number of nitrogens with two attached hydrogens (primary N) is 1. The first-order valence-corrected chi connectivity index (χ1v) is 6.82. The minimum atomic E-state index is -4.00. The van der Waals surface area contributed by atoms with Crippen LogP contribution in [0.3, 0.4) is 0 Å². The van der Waals surface area contributed by atoms with Crippen LogP contribution in [-0.2, 0) is 19.3 Å². The van der Waals surface area contributed by atoms with E-state index in [1.165, 1.54) is 7.05 Å². The molecule has 1 aromatic carbocycles. The fourth-order valence-electron chi connectivity index (χ4n) is 1.50. The summed E-state index contributed by atoms with van der Waals surface area (Å²) in [6.45, 7) is -0.156. The summed E-state index contributed by atoms with van der Waals surface area (Å²) in [5, 5.41) is 7.26. The number of carbonyl (C=O) groups excluding carboxylic acids is 1. The molecule has 7 heteroatoms. The highest BCUT2D eigenvalue weighted by Gasteiger charge is 2.18. The Hall–Kier alpha value is -1.44. The molecule has 1 amide bonds. The van der Waals surface area contributed by atoms with E-state index in [1.807, 2.05) is 18.2 Å². The standard InChI is InChI=1S/C11H16N2O4S/c1-13-11(14)7-10(8-17-18(12,15)16)9-5-3-2-4-6-9/h2-6,10H,7-8H2,1H3,(H,13,14)(H2,12,15,16)/t10-/m0/s1. The zero-order valence-corrected chi connectivity index (χ0v) is 10.8. The van der Waals surface area contributed by atoms with Gasteiger partial charge in [0.05, 0.1) is 6.61 Å². The number of carbonyl (C=O) groups is 1. The van der Waals surface area contributed by atoms with Crippen molar-refractivity contribution >= 4 is 16.2 Å². The number of hydrogen-bond acceptors (Lipinski definition) is 4. The van der Waals surface area contributed by atoms with E-state index in [1.54, 1.807) is 12.1 Å². The van der Waals surface area contributed by atoms with Crippen molar-refractivity contribution in [2.24, 2.45) is 5.14 Å². The van der Waals surface area contributed by atoms with E-state index < -0.39 is 10.3 Å². The number of nitrogens with one attached hydrogen (secondary N) is 1. The van der Waals surface area contributed by atoms with Crippen LogP contribution in [0.2, 0.25) is 0 Å². The summed E-state index contributed by atoms with van der Waals surface area (Å²) >= 11 is 0. The Kier molecular flexibility index (Phi) is 5.26. The van der Waals surface area contributed by atoms with Gasteiger partial charge >= 0.3 is 10.3 Å². The highest BCUT2D eigenvalue weighted by atomic mass is 32.2. The van der Waals surface area contributed by atoms with Gasteiger partial charge < -0.3 is 5.32 Å². The van der Waals surface area contributed by atoms with E-state index in [0.29, 0.717) is 0 Å². The third kappa shape index (κ3) is 5.26. The van der Waals surface area contributed by atoms with Crippen molar-refractivity contribution in [3.8, 4) is 0 Å². The van der Waals surface area contributed by atoms with Crippen LogP contribution < -0.4 is 10.5 Å². The van der Waals surface area contributed by atoms with Crippen molar-refractivity contribution in [3.63, 3.8) is 0 Å². The first kappa shape index (κ1) is 14.6. The molecule has 0 unspecified atom stereocenters. The lowest BCUT2D eigenvalue weighted by molar-refractivity contribution is -0.121. The third-order valence-corrected chi connectivity index (χ3v) is 2.88. The molecule has 0 aliphatic heterocycles. The molecule has 0 heterocycles. The van der Waals surface area contributed by atoms with E-state index in [9.17, 15) is 13.2 Å². The summed E-state index contributed by atoms with van der Waals surface area (Å²) < 4.78 is 26.1. The van der Waals surface area contributed by atoms with Crippen molar-refractivity contribution in [3.05, 3.63) is 35.9 Å². The molecular formula is C11H16N2O4S. The predicted molar refractivity (Wildman–Crippen MR) is 66.9 cm³/mol. The quantitative estimate of drug-likeness (QED) is 0.768. The van der Waals surface area contributed by atoms with E-state index in [0.717, 1.165) is 5.56 Å². The molecule has 0 aromatic heterocycles. The van der Waals surface area contributed by atoms with Crippen molar-refractivity contribution in [2.45, 2.75) is 12.3 Å². The Balaban J connectivity index is 2.79. The van der Waals surface area contributed by atoms with Gasteiger partial charge in [0.1, 0.15) is 0 Å². The maximum Gasteiger partial charge on any atom is 0.333 e. The van der Waals surface area contributed by atoms with Crippen molar-refractivity contribution in [1.29, 1.82) is 0 Å². The molecule has 100 valence electrons. The highest BCUT2D eigenvalue weighted by Crippen LogP contribution is 2.20. The van der Waals surface area contributed by atoms with Gasteiger partial charge in [-0.1, -0.05) is 30.3 Å². The second kappa shape index (κ2) is 6.48. The largest absolute Gasteiger partial charge is 0.359 e. The van der Waals surface area contributed by atoms with Gasteiger partial charge in [-0.05, 0) is 5.56 Å². The molecule has 18 heavy (non-hydrogen) atoms. The molecule has 1 aromatic rings. The van der Waals surface area contributed by atoms with Gasteiger partial charge in [-0.2, -0.15) is 8.42 Å². The van der Waals surface area contributed by atoms with Gasteiger partial charge in [-0.15, -0.1) is 0 Å². The molecule has 3 N–H and O–H groups in total. The van der Waals surface area contributed by atoms with Crippen LogP contribution in [0.1, 0.15) is 17.9 Å². The van der Waals surface area contributed by atoms with E-state index in [-0.39, 0.29) is 24.9 Å². The molecule has 6 nitrogen and oxygen atoms in total. The Morgan fingerprint density at radius 1 is 1.39 bits per heavy atom. The Morgan fingerprint density at radius 3 is 2.50 bits per heavy atom.